The molecule has 2 aromatic rings. The fourth-order valence-electron chi connectivity index (χ4n) is 4.45. The van der Waals surface area contributed by atoms with Gasteiger partial charge in [0.05, 0.1) is 6.10 Å². The Labute approximate surface area is 273 Å². The third-order valence-electron chi connectivity index (χ3n) is 6.52. The van der Waals surface area contributed by atoms with E-state index in [2.05, 4.69) is 10.0 Å². The molecule has 2 unspecified atom stereocenters. The third-order valence-corrected chi connectivity index (χ3v) is 7.49. The van der Waals surface area contributed by atoms with E-state index in [0.29, 0.717) is 5.02 Å². The van der Waals surface area contributed by atoms with Gasteiger partial charge in [-0.05, 0) is 37.1 Å². The zero-order valence-corrected chi connectivity index (χ0v) is 27.3. The minimum Gasteiger partial charge on any atom is -0.453 e. The number of aromatic amines is 1. The summed E-state index contributed by atoms with van der Waals surface area (Å²) in [5.74, 6) is -1.96. The first kappa shape index (κ1) is 37.8. The van der Waals surface area contributed by atoms with E-state index in [1.165, 1.54) is 7.11 Å². The molecule has 0 bridgehead atoms. The van der Waals surface area contributed by atoms with Crippen LogP contribution in [-0.4, -0.2) is 86.2 Å². The molecule has 1 saturated heterocycles. The normalized spacial score (nSPS) is 21.4. The number of benzene rings is 1. The number of nitrogens with zero attached hydrogens (tertiary/aromatic N) is 4. The van der Waals surface area contributed by atoms with Gasteiger partial charge in [-0.3, -0.25) is 14.3 Å². The van der Waals surface area contributed by atoms with Gasteiger partial charge in [-0.25, -0.2) is 14.4 Å². The number of nitrogens with one attached hydrogen (secondary N) is 1. The van der Waals surface area contributed by atoms with E-state index in [0.717, 1.165) is 22.4 Å². The SMILES string of the molecule is CCOCC(=O)O[C@H]1C(n2ccc(=O)[nH]c2=O)O[C@@](CO[P+](=O)OCC[C@H](OC)c2cccc(Cl)c2)(N=[N+]=[N-])[C@H]1OC(=O)COCC. The van der Waals surface area contributed by atoms with E-state index < -0.39 is 81.5 Å². The van der Waals surface area contributed by atoms with Crippen LogP contribution in [0.1, 0.15) is 38.2 Å². The Morgan fingerprint density at radius 3 is 2.47 bits per heavy atom. The van der Waals surface area contributed by atoms with Crippen molar-refractivity contribution in [1.82, 2.24) is 9.55 Å². The van der Waals surface area contributed by atoms with Crippen LogP contribution in [0.15, 0.2) is 51.2 Å². The van der Waals surface area contributed by atoms with Crippen LogP contribution in [0, 0.1) is 0 Å². The van der Waals surface area contributed by atoms with Crippen molar-refractivity contribution in [3.05, 3.63) is 78.4 Å². The summed E-state index contributed by atoms with van der Waals surface area (Å²) in [6.45, 7) is 1.45. The highest BCUT2D eigenvalue weighted by Crippen LogP contribution is 2.43. The number of methoxy groups -OCH3 is 1. The van der Waals surface area contributed by atoms with Crippen LogP contribution in [0.25, 0.3) is 10.4 Å². The maximum absolute atomic E-state index is 12.8. The van der Waals surface area contributed by atoms with Gasteiger partial charge in [-0.2, -0.15) is 0 Å². The molecule has 1 aromatic heterocycles. The number of rotatable bonds is 19. The Hall–Kier alpha value is -3.70. The fourth-order valence-corrected chi connectivity index (χ4v) is 5.27. The molecule has 1 aliphatic heterocycles. The lowest BCUT2D eigenvalue weighted by Crippen LogP contribution is -2.49. The van der Waals surface area contributed by atoms with Crippen LogP contribution in [0.5, 0.6) is 0 Å². The Morgan fingerprint density at radius 1 is 1.15 bits per heavy atom. The summed E-state index contributed by atoms with van der Waals surface area (Å²) in [5, 5.41) is 4.14. The summed E-state index contributed by atoms with van der Waals surface area (Å²) in [5.41, 5.74) is 6.13. The molecule has 2 heterocycles. The van der Waals surface area contributed by atoms with Crippen LogP contribution in [0.4, 0.5) is 0 Å². The molecule has 3 rings (SSSR count). The van der Waals surface area contributed by atoms with E-state index in [-0.39, 0.29) is 26.2 Å². The third kappa shape index (κ3) is 10.7. The van der Waals surface area contributed by atoms with Gasteiger partial charge in [0.1, 0.15) is 26.4 Å². The molecule has 0 saturated carbocycles. The molecule has 1 aliphatic rings. The fraction of sp³-hybridized carbons (Fsp3) is 0.556. The van der Waals surface area contributed by atoms with Crippen molar-refractivity contribution >= 4 is 31.8 Å². The first-order valence-electron chi connectivity index (χ1n) is 14.2. The monoisotopic (exact) mass is 702 g/mol. The van der Waals surface area contributed by atoms with Crippen LogP contribution < -0.4 is 11.2 Å². The summed E-state index contributed by atoms with van der Waals surface area (Å²) < 4.78 is 57.0. The number of carbonyl (C=O) groups is 2. The van der Waals surface area contributed by atoms with Crippen molar-refractivity contribution < 1.29 is 51.6 Å². The second kappa shape index (κ2) is 18.6. The molecule has 0 aliphatic carbocycles. The maximum atomic E-state index is 12.8. The van der Waals surface area contributed by atoms with Crippen molar-refractivity contribution in [1.29, 1.82) is 0 Å². The van der Waals surface area contributed by atoms with Gasteiger partial charge in [0.25, 0.3) is 5.56 Å². The standard InChI is InChI=1S/C27H33ClN5O13P/c1-4-40-14-21(35)44-23-24(45-22(36)15-41-5-2)27(31-32-29,46-25(23)33-11-9-20(34)30-26(33)37)16-43-47(38)42-12-10-19(39-3)17-7-6-8-18(28)13-17/h6-9,11,13,19,23-25H,4-5,10,12,14-16H2,1-3H3/p+1/t19-,23+,24-,25?,27+/m0/s1. The molecular formula is C27H34ClN5O13P+. The van der Waals surface area contributed by atoms with Crippen LogP contribution >= 0.6 is 19.9 Å². The number of hydrogen-bond donors (Lipinski definition) is 1. The molecule has 18 nitrogen and oxygen atoms in total. The van der Waals surface area contributed by atoms with Crippen molar-refractivity contribution in [2.24, 2.45) is 5.11 Å². The molecular weight excluding hydrogens is 669 g/mol. The smallest absolute Gasteiger partial charge is 0.453 e. The summed E-state index contributed by atoms with van der Waals surface area (Å²) in [7, 11) is -1.44. The second-order valence-electron chi connectivity index (χ2n) is 9.60. The lowest BCUT2D eigenvalue weighted by atomic mass is 10.1. The van der Waals surface area contributed by atoms with Crippen molar-refractivity contribution in [3.8, 4) is 0 Å². The predicted octanol–water partition coefficient (Wildman–Crippen LogP) is 3.09. The highest BCUT2D eigenvalue weighted by molar-refractivity contribution is 7.33. The van der Waals surface area contributed by atoms with Gasteiger partial charge >= 0.3 is 25.9 Å². The molecule has 256 valence electrons. The zero-order chi connectivity index (χ0) is 34.4. The number of aromatic nitrogens is 2. The highest BCUT2D eigenvalue weighted by Gasteiger charge is 2.62. The first-order chi connectivity index (χ1) is 22.6. The number of esters is 2. The summed E-state index contributed by atoms with van der Waals surface area (Å²) in [6, 6.07) is 7.94. The molecule has 1 fully saturated rings. The number of halogens is 1. The van der Waals surface area contributed by atoms with E-state index in [1.807, 2.05) is 4.98 Å². The van der Waals surface area contributed by atoms with Gasteiger partial charge in [0, 0.05) is 53.5 Å². The molecule has 6 atom stereocenters. The molecule has 0 radical (unpaired) electrons. The maximum Gasteiger partial charge on any atom is 0.697 e. The van der Waals surface area contributed by atoms with Crippen LogP contribution in [0.3, 0.4) is 0 Å². The zero-order valence-electron chi connectivity index (χ0n) is 25.6. The number of ether oxygens (including phenoxy) is 6. The van der Waals surface area contributed by atoms with Gasteiger partial charge in [0.15, 0.2) is 18.4 Å². The van der Waals surface area contributed by atoms with Gasteiger partial charge in [-0.1, -0.05) is 28.8 Å². The number of carbonyl (C=O) groups excluding carboxylic acids is 2. The van der Waals surface area contributed by atoms with Crippen LogP contribution in [-0.2, 0) is 51.6 Å². The Morgan fingerprint density at radius 2 is 1.85 bits per heavy atom. The van der Waals surface area contributed by atoms with Crippen molar-refractivity contribution in [2.45, 2.75) is 50.5 Å². The highest BCUT2D eigenvalue weighted by atomic mass is 35.5. The molecule has 0 spiro atoms. The Kier molecular flexibility index (Phi) is 14.9. The van der Waals surface area contributed by atoms with Crippen molar-refractivity contribution in [3.63, 3.8) is 0 Å². The topological polar surface area (TPSA) is 229 Å². The number of hydrogen-bond acceptors (Lipinski definition) is 14. The molecule has 1 N–H and O–H groups in total. The largest absolute Gasteiger partial charge is 0.697 e. The Bertz CT molecular complexity index is 1550. The number of azide groups is 1. The van der Waals surface area contributed by atoms with E-state index in [4.69, 9.17) is 49.1 Å². The van der Waals surface area contributed by atoms with Crippen molar-refractivity contribution in [2.75, 3.05) is 46.8 Å². The summed E-state index contributed by atoms with van der Waals surface area (Å²) in [6.07, 6.45) is -4.34. The lowest BCUT2D eigenvalue weighted by Gasteiger charge is -2.28. The minimum absolute atomic E-state index is 0.116. The lowest BCUT2D eigenvalue weighted by molar-refractivity contribution is -0.177. The minimum atomic E-state index is -2.92. The van der Waals surface area contributed by atoms with Crippen LogP contribution in [0.2, 0.25) is 5.02 Å². The van der Waals surface area contributed by atoms with E-state index in [1.54, 1.807) is 38.1 Å². The predicted molar refractivity (Wildman–Crippen MR) is 161 cm³/mol. The quantitative estimate of drug-likeness (QED) is 0.0730. The molecule has 47 heavy (non-hydrogen) atoms. The van der Waals surface area contributed by atoms with E-state index >= 15 is 0 Å². The molecule has 20 heteroatoms. The second-order valence-corrected chi connectivity index (χ2v) is 11.0. The number of H-pyrrole nitrogens is 1. The molecule has 1 aromatic carbocycles. The van der Waals surface area contributed by atoms with Gasteiger partial charge in [-0.15, -0.1) is 9.05 Å². The first-order valence-corrected chi connectivity index (χ1v) is 15.7. The van der Waals surface area contributed by atoms with Gasteiger partial charge < -0.3 is 28.4 Å². The summed E-state index contributed by atoms with van der Waals surface area (Å²) >= 11 is 6.06. The average Bonchev–Trinajstić information content (AvgIpc) is 3.31. The average molecular weight is 703 g/mol. The molecule has 0 amide bonds. The summed E-state index contributed by atoms with van der Waals surface area (Å²) in [4.78, 5) is 54.8. The van der Waals surface area contributed by atoms with Gasteiger partial charge in [0.2, 0.25) is 5.72 Å². The Balaban J connectivity index is 1.90. The van der Waals surface area contributed by atoms with E-state index in [9.17, 15) is 29.3 Å².